The highest BCUT2D eigenvalue weighted by Gasteiger charge is 2.29. The van der Waals surface area contributed by atoms with Gasteiger partial charge in [0.15, 0.2) is 0 Å². The Morgan fingerprint density at radius 1 is 1.03 bits per heavy atom. The number of nitrogens with one attached hydrogen (secondary N) is 3. The van der Waals surface area contributed by atoms with Crippen LogP contribution in [0.25, 0.3) is 0 Å². The molecule has 156 valence electrons. The number of hydrogen-bond donors (Lipinski definition) is 3. The van der Waals surface area contributed by atoms with Crippen LogP contribution in [-0.2, 0) is 11.2 Å². The van der Waals surface area contributed by atoms with Gasteiger partial charge in [0.05, 0.1) is 20.0 Å². The highest BCUT2D eigenvalue weighted by Crippen LogP contribution is 2.16. The standard InChI is InChI=1S/C23H31ClN4O/c1-26(2)21-10-6-19(7-11-21)22(28-14-12-27(3)13-15-28)17-25-23(29)16-18-4-8-20(24)9-5-18/h4-11,22H,12-17H2,1-3H3,(H,25,29)/p+2/t22-/m0/s1. The van der Waals surface area contributed by atoms with Crippen molar-refractivity contribution in [2.24, 2.45) is 0 Å². The molecular formula is C23H33ClN4O+2. The van der Waals surface area contributed by atoms with Crippen molar-refractivity contribution < 1.29 is 14.6 Å². The van der Waals surface area contributed by atoms with E-state index < -0.39 is 0 Å². The summed E-state index contributed by atoms with van der Waals surface area (Å²) in [6.07, 6.45) is 0.381. The molecule has 1 saturated heterocycles. The first-order chi connectivity index (χ1) is 13.9. The van der Waals surface area contributed by atoms with Crippen LogP contribution in [0.3, 0.4) is 0 Å². The minimum absolute atomic E-state index is 0.0568. The van der Waals surface area contributed by atoms with Crippen LogP contribution in [0.15, 0.2) is 48.5 Å². The van der Waals surface area contributed by atoms with E-state index in [0.29, 0.717) is 18.0 Å². The lowest BCUT2D eigenvalue weighted by Crippen LogP contribution is -3.27. The SMILES string of the molecule is CN(C)c1ccc([C@H](CNC(=O)Cc2ccc(Cl)cc2)[NH+]2CC[NH+](C)CC2)cc1. The monoisotopic (exact) mass is 416 g/mol. The molecule has 5 nitrogen and oxygen atoms in total. The Kier molecular flexibility index (Phi) is 7.53. The molecule has 0 saturated carbocycles. The van der Waals surface area contributed by atoms with Crippen LogP contribution < -0.4 is 20.0 Å². The largest absolute Gasteiger partial charge is 0.378 e. The number of nitrogens with zero attached hydrogens (tertiary/aromatic N) is 1. The quantitative estimate of drug-likeness (QED) is 0.604. The van der Waals surface area contributed by atoms with Gasteiger partial charge < -0.3 is 20.0 Å². The molecule has 1 heterocycles. The lowest BCUT2D eigenvalue weighted by molar-refractivity contribution is -1.02. The first kappa shape index (κ1) is 21.6. The molecule has 6 heteroatoms. The van der Waals surface area contributed by atoms with Gasteiger partial charge in [-0.1, -0.05) is 35.9 Å². The van der Waals surface area contributed by atoms with Gasteiger partial charge in [-0.05, 0) is 29.8 Å². The van der Waals surface area contributed by atoms with E-state index in [2.05, 4.69) is 55.6 Å². The summed E-state index contributed by atoms with van der Waals surface area (Å²) in [7, 11) is 6.36. The van der Waals surface area contributed by atoms with Crippen molar-refractivity contribution in [1.29, 1.82) is 0 Å². The van der Waals surface area contributed by atoms with Crippen molar-refractivity contribution in [2.75, 3.05) is 58.8 Å². The fraction of sp³-hybridized carbons (Fsp3) is 0.435. The Hall–Kier alpha value is -2.08. The average Bonchev–Trinajstić information content (AvgIpc) is 2.71. The van der Waals surface area contributed by atoms with E-state index in [-0.39, 0.29) is 11.9 Å². The van der Waals surface area contributed by atoms with Gasteiger partial charge in [-0.3, -0.25) is 4.79 Å². The summed E-state index contributed by atoms with van der Waals surface area (Å²) in [6.45, 7) is 5.24. The Morgan fingerprint density at radius 2 is 1.66 bits per heavy atom. The molecule has 1 amide bonds. The first-order valence-electron chi connectivity index (χ1n) is 10.4. The maximum Gasteiger partial charge on any atom is 0.224 e. The molecule has 2 aromatic carbocycles. The average molecular weight is 417 g/mol. The molecule has 3 N–H and O–H groups in total. The minimum Gasteiger partial charge on any atom is -0.378 e. The molecule has 2 aromatic rings. The van der Waals surface area contributed by atoms with Crippen LogP contribution in [0, 0.1) is 0 Å². The van der Waals surface area contributed by atoms with Crippen LogP contribution in [-0.4, -0.2) is 59.8 Å². The highest BCUT2D eigenvalue weighted by molar-refractivity contribution is 6.30. The smallest absolute Gasteiger partial charge is 0.224 e. The maximum absolute atomic E-state index is 12.5. The predicted octanol–water partition coefficient (Wildman–Crippen LogP) is 0.219. The third kappa shape index (κ3) is 6.20. The van der Waals surface area contributed by atoms with E-state index in [1.165, 1.54) is 24.3 Å². The minimum atomic E-state index is 0.0568. The van der Waals surface area contributed by atoms with Gasteiger partial charge in [0.1, 0.15) is 32.2 Å². The number of hydrogen-bond acceptors (Lipinski definition) is 2. The number of piperazine rings is 1. The second-order valence-corrected chi connectivity index (χ2v) is 8.70. The number of quaternary nitrogens is 2. The topological polar surface area (TPSA) is 41.2 Å². The summed E-state index contributed by atoms with van der Waals surface area (Å²) < 4.78 is 0. The second-order valence-electron chi connectivity index (χ2n) is 8.26. The van der Waals surface area contributed by atoms with Crippen molar-refractivity contribution in [3.8, 4) is 0 Å². The maximum atomic E-state index is 12.5. The summed E-state index contributed by atoms with van der Waals surface area (Å²) >= 11 is 5.94. The van der Waals surface area contributed by atoms with E-state index in [4.69, 9.17) is 11.6 Å². The number of carbonyl (C=O) groups excluding carboxylic acids is 1. The normalized spacial score (nSPS) is 20.1. The number of rotatable bonds is 7. The molecule has 0 unspecified atom stereocenters. The van der Waals surface area contributed by atoms with Gasteiger partial charge in [-0.15, -0.1) is 0 Å². The van der Waals surface area contributed by atoms with Crippen LogP contribution >= 0.6 is 11.6 Å². The van der Waals surface area contributed by atoms with Crippen molar-refractivity contribution in [2.45, 2.75) is 12.5 Å². The fourth-order valence-corrected chi connectivity index (χ4v) is 4.04. The predicted molar refractivity (Wildman–Crippen MR) is 119 cm³/mol. The first-order valence-corrected chi connectivity index (χ1v) is 10.7. The molecule has 1 aliphatic heterocycles. The molecule has 0 aliphatic carbocycles. The molecule has 1 aliphatic rings. The zero-order valence-corrected chi connectivity index (χ0v) is 18.4. The highest BCUT2D eigenvalue weighted by atomic mass is 35.5. The zero-order valence-electron chi connectivity index (χ0n) is 17.7. The summed E-state index contributed by atoms with van der Waals surface area (Å²) in [5, 5.41) is 3.87. The number of likely N-dealkylation sites (N-methyl/N-ethyl adjacent to an activating group) is 1. The van der Waals surface area contributed by atoms with Gasteiger partial charge in [0.2, 0.25) is 5.91 Å². The van der Waals surface area contributed by atoms with Gasteiger partial charge in [-0.2, -0.15) is 0 Å². The van der Waals surface area contributed by atoms with Crippen molar-refractivity contribution in [1.82, 2.24) is 5.32 Å². The Labute approximate surface area is 179 Å². The summed E-state index contributed by atoms with van der Waals surface area (Å²) in [6, 6.07) is 16.5. The molecule has 0 spiro atoms. The molecule has 3 rings (SSSR count). The van der Waals surface area contributed by atoms with Crippen LogP contribution in [0.4, 0.5) is 5.69 Å². The van der Waals surface area contributed by atoms with Gasteiger partial charge in [-0.25, -0.2) is 0 Å². The summed E-state index contributed by atoms with van der Waals surface area (Å²) in [5.74, 6) is 0.0568. The van der Waals surface area contributed by atoms with E-state index >= 15 is 0 Å². The Bertz CT molecular complexity index is 784. The number of anilines is 1. The Balaban J connectivity index is 1.67. The van der Waals surface area contributed by atoms with Crippen LogP contribution in [0.5, 0.6) is 0 Å². The number of amides is 1. The van der Waals surface area contributed by atoms with Gasteiger partial charge in [0.25, 0.3) is 0 Å². The van der Waals surface area contributed by atoms with Crippen LogP contribution in [0.1, 0.15) is 17.2 Å². The van der Waals surface area contributed by atoms with Crippen LogP contribution in [0.2, 0.25) is 5.02 Å². The second kappa shape index (κ2) is 10.1. The molecular weight excluding hydrogens is 384 g/mol. The fourth-order valence-electron chi connectivity index (χ4n) is 3.92. The van der Waals surface area contributed by atoms with Crippen molar-refractivity contribution in [3.05, 3.63) is 64.7 Å². The third-order valence-electron chi connectivity index (χ3n) is 5.83. The van der Waals surface area contributed by atoms with E-state index in [0.717, 1.165) is 18.7 Å². The number of halogens is 1. The lowest BCUT2D eigenvalue weighted by Gasteiger charge is -2.33. The molecule has 0 aromatic heterocycles. The van der Waals surface area contributed by atoms with Crippen molar-refractivity contribution in [3.63, 3.8) is 0 Å². The van der Waals surface area contributed by atoms with E-state index in [1.54, 1.807) is 9.80 Å². The van der Waals surface area contributed by atoms with E-state index in [1.807, 2.05) is 24.3 Å². The zero-order chi connectivity index (χ0) is 20.8. The molecule has 1 atom stereocenters. The number of carbonyl (C=O) groups is 1. The van der Waals surface area contributed by atoms with Crippen molar-refractivity contribution >= 4 is 23.2 Å². The van der Waals surface area contributed by atoms with E-state index in [9.17, 15) is 4.79 Å². The molecule has 0 bridgehead atoms. The molecule has 29 heavy (non-hydrogen) atoms. The summed E-state index contributed by atoms with van der Waals surface area (Å²) in [5.41, 5.74) is 3.46. The number of benzene rings is 2. The van der Waals surface area contributed by atoms with Gasteiger partial charge >= 0.3 is 0 Å². The van der Waals surface area contributed by atoms with Gasteiger partial charge in [0, 0.05) is 30.4 Å². The molecule has 0 radical (unpaired) electrons. The molecule has 1 fully saturated rings. The Morgan fingerprint density at radius 3 is 2.24 bits per heavy atom. The third-order valence-corrected chi connectivity index (χ3v) is 6.08. The lowest BCUT2D eigenvalue weighted by atomic mass is 10.0. The summed E-state index contributed by atoms with van der Waals surface area (Å²) in [4.78, 5) is 17.8.